The fraction of sp³-hybridized carbons (Fsp3) is 0.409. The third kappa shape index (κ3) is 2.33. The Hall–Kier alpha value is -3.16. The molecule has 2 aliphatic heterocycles. The minimum Gasteiger partial charge on any atom is -0.350 e. The third-order valence-electron chi connectivity index (χ3n) is 7.02. The molecule has 0 bridgehead atoms. The van der Waals surface area contributed by atoms with Crippen molar-refractivity contribution in [1.29, 1.82) is 0 Å². The summed E-state index contributed by atoms with van der Waals surface area (Å²) in [5, 5.41) is 5.56. The molecule has 154 valence electrons. The number of nitrogens with zero attached hydrogens (tertiary/aromatic N) is 4. The number of fused-ring (bicyclic) bond motifs is 4. The van der Waals surface area contributed by atoms with E-state index in [2.05, 4.69) is 4.98 Å². The molecule has 1 saturated carbocycles. The molecular formula is C22H22FN5O2. The van der Waals surface area contributed by atoms with Crippen LogP contribution in [0.3, 0.4) is 0 Å². The molecule has 1 aliphatic carbocycles. The molecule has 30 heavy (non-hydrogen) atoms. The molecule has 1 spiro atoms. The molecular weight excluding hydrogens is 385 g/mol. The summed E-state index contributed by atoms with van der Waals surface area (Å²) in [4.78, 5) is 32.9. The number of aromatic nitrogens is 3. The number of rotatable bonds is 1. The third-order valence-corrected chi connectivity index (χ3v) is 7.02. The summed E-state index contributed by atoms with van der Waals surface area (Å²) in [5.41, 5.74) is 4.17. The molecule has 3 aliphatic rings. The van der Waals surface area contributed by atoms with Gasteiger partial charge in [-0.3, -0.25) is 14.3 Å². The van der Waals surface area contributed by atoms with E-state index in [1.807, 2.05) is 23.6 Å². The van der Waals surface area contributed by atoms with Crippen molar-refractivity contribution in [2.24, 2.45) is 0 Å². The molecule has 0 atom stereocenters. The van der Waals surface area contributed by atoms with Crippen molar-refractivity contribution in [3.8, 4) is 0 Å². The molecule has 0 saturated heterocycles. The molecule has 1 N–H and O–H groups in total. The van der Waals surface area contributed by atoms with E-state index in [9.17, 15) is 14.0 Å². The summed E-state index contributed by atoms with van der Waals surface area (Å²) >= 11 is 0. The highest BCUT2D eigenvalue weighted by atomic mass is 19.1. The molecule has 4 heterocycles. The van der Waals surface area contributed by atoms with Crippen LogP contribution in [0.25, 0.3) is 10.9 Å². The van der Waals surface area contributed by atoms with Crippen molar-refractivity contribution in [3.63, 3.8) is 0 Å². The number of carbonyl (C=O) groups is 2. The Bertz CT molecular complexity index is 1250. The normalized spacial score (nSPS) is 19.4. The summed E-state index contributed by atoms with van der Waals surface area (Å²) < 4.78 is 15.6. The van der Waals surface area contributed by atoms with Gasteiger partial charge >= 0.3 is 0 Å². The van der Waals surface area contributed by atoms with Crippen LogP contribution in [0.4, 0.5) is 4.39 Å². The average molecular weight is 407 g/mol. The zero-order chi connectivity index (χ0) is 20.8. The van der Waals surface area contributed by atoms with Gasteiger partial charge in [-0.05, 0) is 43.5 Å². The van der Waals surface area contributed by atoms with E-state index in [4.69, 9.17) is 5.10 Å². The van der Waals surface area contributed by atoms with Gasteiger partial charge in [0.1, 0.15) is 17.2 Å². The summed E-state index contributed by atoms with van der Waals surface area (Å²) in [7, 11) is 1.87. The van der Waals surface area contributed by atoms with Gasteiger partial charge in [0.25, 0.3) is 11.8 Å². The topological polar surface area (TPSA) is 74.2 Å². The van der Waals surface area contributed by atoms with E-state index in [1.54, 1.807) is 11.0 Å². The largest absolute Gasteiger partial charge is 0.350 e. The Morgan fingerprint density at radius 2 is 2.07 bits per heavy atom. The predicted octanol–water partition coefficient (Wildman–Crippen LogP) is 2.63. The van der Waals surface area contributed by atoms with E-state index in [1.165, 1.54) is 12.1 Å². The lowest BCUT2D eigenvalue weighted by Gasteiger charge is -2.34. The predicted molar refractivity (Wildman–Crippen MR) is 108 cm³/mol. The monoisotopic (exact) mass is 407 g/mol. The van der Waals surface area contributed by atoms with Crippen molar-refractivity contribution < 1.29 is 14.0 Å². The maximum absolute atomic E-state index is 13.7. The standard InChI is InChI=1S/C22H22FN5O2/c1-12-7-13(23)8-17-14(12)9-18(24-17)20(29)27-6-3-16-15(10-27)19-21(30)26(2)22(4-5-22)11-28(19)25-16/h7-9,24H,3-6,10-11H2,1-2H3. The number of hydrogen-bond donors (Lipinski definition) is 1. The Labute approximate surface area is 172 Å². The van der Waals surface area contributed by atoms with Gasteiger partial charge in [0, 0.05) is 36.5 Å². The van der Waals surface area contributed by atoms with Crippen LogP contribution in [-0.2, 0) is 19.5 Å². The molecule has 0 radical (unpaired) electrons. The fourth-order valence-corrected chi connectivity index (χ4v) is 5.01. The van der Waals surface area contributed by atoms with Crippen molar-refractivity contribution in [2.75, 3.05) is 13.6 Å². The van der Waals surface area contributed by atoms with Crippen LogP contribution in [0, 0.1) is 12.7 Å². The number of benzene rings is 1. The average Bonchev–Trinajstić information content (AvgIpc) is 3.19. The molecule has 1 aromatic carbocycles. The van der Waals surface area contributed by atoms with E-state index >= 15 is 0 Å². The Morgan fingerprint density at radius 3 is 2.83 bits per heavy atom. The van der Waals surface area contributed by atoms with Gasteiger partial charge in [-0.2, -0.15) is 5.10 Å². The number of halogens is 1. The lowest BCUT2D eigenvalue weighted by Crippen LogP contribution is -2.48. The van der Waals surface area contributed by atoms with Crippen molar-refractivity contribution in [3.05, 3.63) is 52.2 Å². The fourth-order valence-electron chi connectivity index (χ4n) is 5.01. The lowest BCUT2D eigenvalue weighted by molar-refractivity contribution is 0.0604. The van der Waals surface area contributed by atoms with Crippen LogP contribution in [0.5, 0.6) is 0 Å². The molecule has 0 unspecified atom stereocenters. The van der Waals surface area contributed by atoms with Crippen molar-refractivity contribution in [2.45, 2.75) is 44.8 Å². The van der Waals surface area contributed by atoms with Gasteiger partial charge in [-0.25, -0.2) is 4.39 Å². The number of carbonyl (C=O) groups excluding carboxylic acids is 2. The number of hydrogen-bond acceptors (Lipinski definition) is 3. The van der Waals surface area contributed by atoms with E-state index in [0.29, 0.717) is 36.4 Å². The Balaban J connectivity index is 1.33. The molecule has 3 aromatic rings. The highest BCUT2D eigenvalue weighted by Crippen LogP contribution is 2.46. The quantitative estimate of drug-likeness (QED) is 0.674. The van der Waals surface area contributed by atoms with Crippen LogP contribution >= 0.6 is 0 Å². The first-order valence-electron chi connectivity index (χ1n) is 10.3. The van der Waals surface area contributed by atoms with Crippen LogP contribution < -0.4 is 0 Å². The summed E-state index contributed by atoms with van der Waals surface area (Å²) in [6, 6.07) is 4.65. The zero-order valence-corrected chi connectivity index (χ0v) is 17.0. The van der Waals surface area contributed by atoms with E-state index in [-0.39, 0.29) is 23.2 Å². The van der Waals surface area contributed by atoms with Crippen LogP contribution in [0.1, 0.15) is 50.6 Å². The molecule has 7 nitrogen and oxygen atoms in total. The smallest absolute Gasteiger partial charge is 0.272 e. The van der Waals surface area contributed by atoms with Crippen molar-refractivity contribution in [1.82, 2.24) is 24.6 Å². The van der Waals surface area contributed by atoms with Gasteiger partial charge in [-0.1, -0.05) is 0 Å². The Morgan fingerprint density at radius 1 is 1.27 bits per heavy atom. The van der Waals surface area contributed by atoms with Gasteiger partial charge in [0.15, 0.2) is 0 Å². The first kappa shape index (κ1) is 17.7. The van der Waals surface area contributed by atoms with E-state index in [0.717, 1.165) is 41.6 Å². The first-order valence-corrected chi connectivity index (χ1v) is 10.3. The van der Waals surface area contributed by atoms with Crippen molar-refractivity contribution >= 4 is 22.7 Å². The number of likely N-dealkylation sites (N-methyl/N-ethyl adjacent to an activating group) is 1. The summed E-state index contributed by atoms with van der Waals surface area (Å²) in [5.74, 6) is -0.476. The molecule has 8 heteroatoms. The molecule has 2 amide bonds. The number of H-pyrrole nitrogens is 1. The van der Waals surface area contributed by atoms with Crippen LogP contribution in [-0.4, -0.2) is 55.5 Å². The number of nitrogens with one attached hydrogen (secondary N) is 1. The number of aryl methyl sites for hydroxylation is 1. The lowest BCUT2D eigenvalue weighted by atomic mass is 10.0. The molecule has 2 aromatic heterocycles. The minimum absolute atomic E-state index is 0.00138. The first-order chi connectivity index (χ1) is 14.4. The summed E-state index contributed by atoms with van der Waals surface area (Å²) in [6.07, 6.45) is 2.66. The van der Waals surface area contributed by atoms with Gasteiger partial charge in [0.2, 0.25) is 0 Å². The second kappa shape index (κ2) is 5.71. The maximum Gasteiger partial charge on any atom is 0.272 e. The van der Waals surface area contributed by atoms with Crippen LogP contribution in [0.15, 0.2) is 18.2 Å². The van der Waals surface area contributed by atoms with E-state index < -0.39 is 0 Å². The Kier molecular flexibility index (Phi) is 3.36. The molecule has 1 fully saturated rings. The van der Waals surface area contributed by atoms with Gasteiger partial charge in [0.05, 0.1) is 24.3 Å². The minimum atomic E-state index is -0.328. The zero-order valence-electron chi connectivity index (χ0n) is 17.0. The maximum atomic E-state index is 13.7. The second-order valence-electron chi connectivity index (χ2n) is 8.86. The highest BCUT2D eigenvalue weighted by molar-refractivity contribution is 5.99. The second-order valence-corrected chi connectivity index (χ2v) is 8.86. The summed E-state index contributed by atoms with van der Waals surface area (Å²) in [6.45, 7) is 3.46. The number of aromatic amines is 1. The molecule has 6 rings (SSSR count). The van der Waals surface area contributed by atoms with Gasteiger partial charge < -0.3 is 14.8 Å². The van der Waals surface area contributed by atoms with Crippen LogP contribution in [0.2, 0.25) is 0 Å². The highest BCUT2D eigenvalue weighted by Gasteiger charge is 2.53. The number of amides is 2. The van der Waals surface area contributed by atoms with Gasteiger partial charge in [-0.15, -0.1) is 0 Å². The SMILES string of the molecule is Cc1cc(F)cc2[nH]c(C(=O)N3CCc4nn5c(c4C3)C(=O)N(C)C3(CC3)C5)cc12.